The number of rotatable bonds is 13. The van der Waals surface area contributed by atoms with E-state index in [1.807, 2.05) is 14.1 Å². The van der Waals surface area contributed by atoms with Crippen molar-refractivity contribution in [3.05, 3.63) is 71.8 Å². The summed E-state index contributed by atoms with van der Waals surface area (Å²) in [6.07, 6.45) is 6.42. The lowest BCUT2D eigenvalue weighted by atomic mass is 10.3. The Labute approximate surface area is 283 Å². The van der Waals surface area contributed by atoms with Gasteiger partial charge in [0, 0.05) is 59.5 Å². The molecule has 0 saturated carbocycles. The predicted octanol–water partition coefficient (Wildman–Crippen LogP) is 2.58. The summed E-state index contributed by atoms with van der Waals surface area (Å²) in [4.78, 5) is 84.2. The third-order valence-corrected chi connectivity index (χ3v) is 8.37. The largest absolute Gasteiger partial charge is 0.359 e. The third-order valence-electron chi connectivity index (χ3n) is 8.37. The minimum atomic E-state index is -0.489. The van der Waals surface area contributed by atoms with Gasteiger partial charge in [-0.1, -0.05) is 0 Å². The Morgan fingerprint density at radius 1 is 0.633 bits per heavy atom. The zero-order chi connectivity index (χ0) is 35.6. The van der Waals surface area contributed by atoms with Crippen molar-refractivity contribution in [2.45, 2.75) is 25.6 Å². The van der Waals surface area contributed by atoms with Gasteiger partial charge in [-0.2, -0.15) is 0 Å². The molecule has 0 aromatic carbocycles. The Hall–Kier alpha value is -5.61. The minimum absolute atomic E-state index is 0.127. The average Bonchev–Trinajstić information content (AvgIpc) is 3.69. The van der Waals surface area contributed by atoms with Gasteiger partial charge in [0.1, 0.15) is 22.8 Å². The minimum Gasteiger partial charge on any atom is -0.359 e. The van der Waals surface area contributed by atoms with E-state index in [0.717, 1.165) is 13.0 Å². The average molecular weight is 675 g/mol. The molecular weight excluding hydrogens is 632 g/mol. The summed E-state index contributed by atoms with van der Waals surface area (Å²) in [6.45, 7) is 3.27. The van der Waals surface area contributed by atoms with Crippen molar-refractivity contribution >= 4 is 52.3 Å². The molecule has 1 fully saturated rings. The van der Waals surface area contributed by atoms with Crippen LogP contribution in [0.2, 0.25) is 0 Å². The molecule has 0 spiro atoms. The van der Waals surface area contributed by atoms with Crippen LogP contribution in [0.25, 0.3) is 0 Å². The molecule has 5 amide bonds. The number of anilines is 4. The van der Waals surface area contributed by atoms with Crippen LogP contribution >= 0.6 is 0 Å². The highest BCUT2D eigenvalue weighted by Crippen LogP contribution is 2.25. The van der Waals surface area contributed by atoms with E-state index in [0.29, 0.717) is 35.0 Å². The third kappa shape index (κ3) is 7.76. The van der Waals surface area contributed by atoms with Crippen molar-refractivity contribution in [2.75, 3.05) is 75.4 Å². The van der Waals surface area contributed by atoms with Crippen molar-refractivity contribution in [1.82, 2.24) is 29.7 Å². The standard InChI is InChI=1S/C33H42N10O6/c1-19-28(49-19)29(44)38-20-11-24(34-15-20)31(46)41(5)22-13-26(36-17-22)33(48)43(7)23-14-27(37-18-23)32(47)42(6)21-12-25(35-16-21)30(45)40(4)10-8-9-39(2)3/h11-19,28,34-37H,8-10H2,1-7H3,(H,38,44). The maximum Gasteiger partial charge on any atom is 0.274 e. The lowest BCUT2D eigenvalue weighted by Crippen LogP contribution is -2.30. The number of ether oxygens (including phenoxy) is 1. The Kier molecular flexibility index (Phi) is 10.1. The van der Waals surface area contributed by atoms with Crippen LogP contribution in [0, 0.1) is 0 Å². The van der Waals surface area contributed by atoms with Crippen LogP contribution in [0.1, 0.15) is 55.3 Å². The van der Waals surface area contributed by atoms with Gasteiger partial charge in [-0.05, 0) is 58.3 Å². The first-order valence-electron chi connectivity index (χ1n) is 15.7. The van der Waals surface area contributed by atoms with Gasteiger partial charge in [-0.15, -0.1) is 0 Å². The van der Waals surface area contributed by atoms with Gasteiger partial charge in [-0.3, -0.25) is 24.0 Å². The van der Waals surface area contributed by atoms with Crippen molar-refractivity contribution in [3.8, 4) is 0 Å². The summed E-state index contributed by atoms with van der Waals surface area (Å²) >= 11 is 0. The Bertz CT molecular complexity index is 1850. The summed E-state index contributed by atoms with van der Waals surface area (Å²) in [7, 11) is 10.4. The van der Waals surface area contributed by atoms with Crippen molar-refractivity contribution < 1.29 is 28.7 Å². The molecule has 0 bridgehead atoms. The lowest BCUT2D eigenvalue weighted by Gasteiger charge is -2.18. The monoisotopic (exact) mass is 674 g/mol. The number of hydrogen-bond donors (Lipinski definition) is 5. The van der Waals surface area contributed by atoms with E-state index >= 15 is 0 Å². The van der Waals surface area contributed by atoms with Gasteiger partial charge >= 0.3 is 0 Å². The number of H-pyrrole nitrogens is 4. The maximum atomic E-state index is 13.3. The van der Waals surface area contributed by atoms with Crippen LogP contribution in [0.5, 0.6) is 0 Å². The van der Waals surface area contributed by atoms with Crippen molar-refractivity contribution in [3.63, 3.8) is 0 Å². The smallest absolute Gasteiger partial charge is 0.274 e. The van der Waals surface area contributed by atoms with Crippen LogP contribution in [-0.4, -0.2) is 127 Å². The summed E-state index contributed by atoms with van der Waals surface area (Å²) in [5.74, 6) is -1.60. The SMILES string of the molecule is CC1OC1C(=O)Nc1c[nH]c(C(=O)N(C)c2c[nH]c(C(=O)N(C)c3c[nH]c(C(=O)N(C)c4c[nH]c(C(=O)N(C)CCCN(C)C)c4)c3)c2)c1. The van der Waals surface area contributed by atoms with Crippen LogP contribution in [0.3, 0.4) is 0 Å². The summed E-state index contributed by atoms with van der Waals surface area (Å²) in [5.41, 5.74) is 2.91. The van der Waals surface area contributed by atoms with E-state index in [1.165, 1.54) is 33.2 Å². The topological polar surface area (TPSA) is 189 Å². The van der Waals surface area contributed by atoms with E-state index in [4.69, 9.17) is 4.74 Å². The molecule has 4 aromatic heterocycles. The number of aromatic nitrogens is 4. The summed E-state index contributed by atoms with van der Waals surface area (Å²) in [6, 6.07) is 6.26. The first-order chi connectivity index (χ1) is 23.2. The maximum absolute atomic E-state index is 13.3. The molecule has 2 unspecified atom stereocenters. The number of hydrogen-bond acceptors (Lipinski definition) is 7. The molecule has 260 valence electrons. The molecule has 0 aliphatic carbocycles. The highest BCUT2D eigenvalue weighted by molar-refractivity contribution is 6.10. The second-order valence-electron chi connectivity index (χ2n) is 12.3. The van der Waals surface area contributed by atoms with Gasteiger partial charge in [0.25, 0.3) is 29.5 Å². The number of nitrogens with zero attached hydrogens (tertiary/aromatic N) is 5. The van der Waals surface area contributed by atoms with Gasteiger partial charge < -0.3 is 54.5 Å². The quantitative estimate of drug-likeness (QED) is 0.135. The van der Waals surface area contributed by atoms with E-state index in [9.17, 15) is 24.0 Å². The number of epoxide rings is 1. The van der Waals surface area contributed by atoms with Gasteiger partial charge in [-0.25, -0.2) is 0 Å². The van der Waals surface area contributed by atoms with E-state index in [1.54, 1.807) is 70.6 Å². The fourth-order valence-corrected chi connectivity index (χ4v) is 5.19. The molecule has 1 saturated heterocycles. The van der Waals surface area contributed by atoms with Gasteiger partial charge in [0.2, 0.25) is 0 Å². The molecule has 5 rings (SSSR count). The summed E-state index contributed by atoms with van der Waals surface area (Å²) in [5, 5.41) is 2.71. The normalized spacial score (nSPS) is 15.2. The second kappa shape index (κ2) is 14.2. The van der Waals surface area contributed by atoms with E-state index in [-0.39, 0.29) is 46.8 Å². The first kappa shape index (κ1) is 34.7. The number of nitrogens with one attached hydrogen (secondary N) is 5. The molecule has 5 heterocycles. The van der Waals surface area contributed by atoms with Crippen molar-refractivity contribution in [2.24, 2.45) is 0 Å². The Balaban J connectivity index is 1.17. The van der Waals surface area contributed by atoms with Crippen LogP contribution < -0.4 is 20.0 Å². The molecule has 1 aliphatic rings. The summed E-state index contributed by atoms with van der Waals surface area (Å²) < 4.78 is 5.17. The number of amides is 5. The molecule has 5 N–H and O–H groups in total. The highest BCUT2D eigenvalue weighted by Gasteiger charge is 2.41. The molecule has 16 nitrogen and oxygen atoms in total. The molecular formula is C33H42N10O6. The highest BCUT2D eigenvalue weighted by atomic mass is 16.6. The second-order valence-corrected chi connectivity index (χ2v) is 12.3. The van der Waals surface area contributed by atoms with Crippen molar-refractivity contribution in [1.29, 1.82) is 0 Å². The number of carbonyl (C=O) groups is 5. The van der Waals surface area contributed by atoms with Gasteiger partial charge in [0.05, 0.1) is 28.9 Å². The number of carbonyl (C=O) groups excluding carboxylic acids is 5. The molecule has 49 heavy (non-hydrogen) atoms. The fraction of sp³-hybridized carbons (Fsp3) is 0.364. The Morgan fingerprint density at radius 3 is 1.47 bits per heavy atom. The Morgan fingerprint density at radius 2 is 1.04 bits per heavy atom. The van der Waals surface area contributed by atoms with Crippen LogP contribution in [0.4, 0.5) is 22.7 Å². The molecule has 4 aromatic rings. The molecule has 1 aliphatic heterocycles. The fourth-order valence-electron chi connectivity index (χ4n) is 5.19. The van der Waals surface area contributed by atoms with Crippen LogP contribution in [0.15, 0.2) is 49.1 Å². The van der Waals surface area contributed by atoms with E-state index in [2.05, 4.69) is 30.2 Å². The molecule has 0 radical (unpaired) electrons. The zero-order valence-corrected chi connectivity index (χ0v) is 28.6. The number of aromatic amines is 4. The molecule has 16 heteroatoms. The van der Waals surface area contributed by atoms with Crippen LogP contribution in [-0.2, 0) is 9.53 Å². The van der Waals surface area contributed by atoms with Gasteiger partial charge in [0.15, 0.2) is 6.10 Å². The molecule has 2 atom stereocenters. The predicted molar refractivity (Wildman–Crippen MR) is 184 cm³/mol. The lowest BCUT2D eigenvalue weighted by molar-refractivity contribution is -0.117. The van der Waals surface area contributed by atoms with E-state index < -0.39 is 12.0 Å². The first-order valence-corrected chi connectivity index (χ1v) is 15.7. The zero-order valence-electron chi connectivity index (χ0n) is 28.6.